The molecule has 0 aliphatic heterocycles. The average Bonchev–Trinajstić information content (AvgIpc) is 2.52. The molecule has 0 saturated heterocycles. The number of carbonyl (C=O) groups is 1. The van der Waals surface area contributed by atoms with Gasteiger partial charge in [0.2, 0.25) is 0 Å². The molecule has 4 heteroatoms. The van der Waals surface area contributed by atoms with E-state index in [1.807, 2.05) is 4.90 Å². The fourth-order valence-electron chi connectivity index (χ4n) is 3.14. The van der Waals surface area contributed by atoms with Gasteiger partial charge in [0.25, 0.3) is 5.91 Å². The van der Waals surface area contributed by atoms with Gasteiger partial charge in [-0.2, -0.15) is 0 Å². The van der Waals surface area contributed by atoms with Crippen molar-refractivity contribution in [3.05, 3.63) is 35.1 Å². The Kier molecular flexibility index (Phi) is 5.74. The Bertz CT molecular complexity index is 484. The number of halogens is 1. The minimum atomic E-state index is -0.388. The van der Waals surface area contributed by atoms with Gasteiger partial charge in [0.05, 0.1) is 0 Å². The largest absolute Gasteiger partial charge is 0.336 e. The van der Waals surface area contributed by atoms with Crippen molar-refractivity contribution in [2.24, 2.45) is 5.73 Å². The zero-order valence-corrected chi connectivity index (χ0v) is 12.8. The Morgan fingerprint density at radius 2 is 2.00 bits per heavy atom. The molecule has 2 N–H and O–H groups in total. The predicted molar refractivity (Wildman–Crippen MR) is 82.5 cm³/mol. The van der Waals surface area contributed by atoms with E-state index in [1.54, 1.807) is 6.07 Å². The van der Waals surface area contributed by atoms with Gasteiger partial charge >= 0.3 is 0 Å². The predicted octanol–water partition coefficient (Wildman–Crippen LogP) is 3.47. The second-order valence-electron chi connectivity index (χ2n) is 5.84. The highest BCUT2D eigenvalue weighted by molar-refractivity contribution is 5.94. The molecule has 0 bridgehead atoms. The van der Waals surface area contributed by atoms with E-state index in [-0.39, 0.29) is 18.3 Å². The van der Waals surface area contributed by atoms with Crippen molar-refractivity contribution in [2.75, 3.05) is 6.54 Å². The maximum atomic E-state index is 13.6. The zero-order chi connectivity index (χ0) is 15.2. The molecule has 1 fully saturated rings. The molecule has 3 nitrogen and oxygen atoms in total. The third-order valence-corrected chi connectivity index (χ3v) is 4.18. The summed E-state index contributed by atoms with van der Waals surface area (Å²) in [7, 11) is 0. The van der Waals surface area contributed by atoms with E-state index in [2.05, 4.69) is 6.92 Å². The van der Waals surface area contributed by atoms with Crippen LogP contribution >= 0.6 is 0 Å². The minimum absolute atomic E-state index is 0.0575. The molecule has 1 aliphatic rings. The fourth-order valence-corrected chi connectivity index (χ4v) is 3.14. The van der Waals surface area contributed by atoms with Gasteiger partial charge in [-0.05, 0) is 43.0 Å². The van der Waals surface area contributed by atoms with E-state index >= 15 is 0 Å². The molecular weight excluding hydrogens is 267 g/mol. The summed E-state index contributed by atoms with van der Waals surface area (Å²) in [6, 6.07) is 4.74. The monoisotopic (exact) mass is 292 g/mol. The van der Waals surface area contributed by atoms with E-state index in [0.29, 0.717) is 17.2 Å². The smallest absolute Gasteiger partial charge is 0.254 e. The van der Waals surface area contributed by atoms with Gasteiger partial charge in [0.15, 0.2) is 0 Å². The first-order chi connectivity index (χ1) is 10.2. The fraction of sp³-hybridized carbons (Fsp3) is 0.588. The Hall–Kier alpha value is -1.42. The molecule has 1 aromatic carbocycles. The first kappa shape index (κ1) is 16.0. The lowest BCUT2D eigenvalue weighted by Crippen LogP contribution is -2.42. The maximum absolute atomic E-state index is 13.6. The zero-order valence-electron chi connectivity index (χ0n) is 12.8. The molecule has 116 valence electrons. The van der Waals surface area contributed by atoms with E-state index in [0.717, 1.165) is 25.8 Å². The third-order valence-electron chi connectivity index (χ3n) is 4.18. The van der Waals surface area contributed by atoms with Gasteiger partial charge in [-0.1, -0.05) is 26.2 Å². The molecule has 0 radical (unpaired) electrons. The van der Waals surface area contributed by atoms with Crippen molar-refractivity contribution >= 4 is 5.91 Å². The van der Waals surface area contributed by atoms with Crippen LogP contribution in [-0.2, 0) is 6.54 Å². The van der Waals surface area contributed by atoms with E-state index in [1.165, 1.54) is 31.4 Å². The van der Waals surface area contributed by atoms with Crippen LogP contribution in [0.3, 0.4) is 0 Å². The quantitative estimate of drug-likeness (QED) is 0.903. The summed E-state index contributed by atoms with van der Waals surface area (Å²) in [6.07, 6.45) is 6.64. The molecule has 1 saturated carbocycles. The maximum Gasteiger partial charge on any atom is 0.254 e. The number of rotatable bonds is 5. The first-order valence-electron chi connectivity index (χ1n) is 7.96. The highest BCUT2D eigenvalue weighted by Crippen LogP contribution is 2.24. The molecule has 0 heterocycles. The van der Waals surface area contributed by atoms with Crippen LogP contribution in [0, 0.1) is 5.82 Å². The summed E-state index contributed by atoms with van der Waals surface area (Å²) < 4.78 is 13.6. The molecule has 1 aromatic rings. The number of nitrogens with two attached hydrogens (primary N) is 1. The normalized spacial score (nSPS) is 16.0. The van der Waals surface area contributed by atoms with Crippen molar-refractivity contribution in [2.45, 2.75) is 58.0 Å². The topological polar surface area (TPSA) is 46.3 Å². The Labute approximate surface area is 126 Å². The highest BCUT2D eigenvalue weighted by atomic mass is 19.1. The SMILES string of the molecule is CCCN(C(=O)c1cc(F)cc(CN)c1)C1CCCCC1. The molecule has 0 aromatic heterocycles. The molecular formula is C17H25FN2O. The van der Waals surface area contributed by atoms with Crippen LogP contribution in [0.25, 0.3) is 0 Å². The van der Waals surface area contributed by atoms with Crippen LogP contribution in [0.5, 0.6) is 0 Å². The van der Waals surface area contributed by atoms with Crippen molar-refractivity contribution in [1.29, 1.82) is 0 Å². The standard InChI is InChI=1S/C17H25FN2O/c1-2-8-20(16-6-4-3-5-7-16)17(21)14-9-13(12-19)10-15(18)11-14/h9-11,16H,2-8,12,19H2,1H3. The Morgan fingerprint density at radius 3 is 2.62 bits per heavy atom. The van der Waals surface area contributed by atoms with Gasteiger partial charge in [-0.25, -0.2) is 4.39 Å². The van der Waals surface area contributed by atoms with Crippen LogP contribution in [0.2, 0.25) is 0 Å². The molecule has 2 rings (SSSR count). The van der Waals surface area contributed by atoms with E-state index in [9.17, 15) is 9.18 Å². The number of hydrogen-bond donors (Lipinski definition) is 1. The van der Waals surface area contributed by atoms with Gasteiger partial charge in [-0.3, -0.25) is 4.79 Å². The number of hydrogen-bond acceptors (Lipinski definition) is 2. The molecule has 0 atom stereocenters. The summed E-state index contributed by atoms with van der Waals surface area (Å²) in [5.41, 5.74) is 6.66. The lowest BCUT2D eigenvalue weighted by atomic mass is 9.93. The first-order valence-corrected chi connectivity index (χ1v) is 7.96. The number of carbonyl (C=O) groups excluding carboxylic acids is 1. The highest BCUT2D eigenvalue weighted by Gasteiger charge is 2.26. The lowest BCUT2D eigenvalue weighted by Gasteiger charge is -2.34. The minimum Gasteiger partial charge on any atom is -0.336 e. The van der Waals surface area contributed by atoms with Crippen molar-refractivity contribution in [1.82, 2.24) is 4.90 Å². The summed E-state index contributed by atoms with van der Waals surface area (Å²) in [5, 5.41) is 0. The molecule has 1 amide bonds. The van der Waals surface area contributed by atoms with Crippen LogP contribution < -0.4 is 5.73 Å². The second kappa shape index (κ2) is 7.55. The van der Waals surface area contributed by atoms with Gasteiger partial charge in [-0.15, -0.1) is 0 Å². The van der Waals surface area contributed by atoms with Crippen molar-refractivity contribution < 1.29 is 9.18 Å². The van der Waals surface area contributed by atoms with E-state index in [4.69, 9.17) is 5.73 Å². The van der Waals surface area contributed by atoms with Crippen molar-refractivity contribution in [3.8, 4) is 0 Å². The Morgan fingerprint density at radius 1 is 1.29 bits per heavy atom. The van der Waals surface area contributed by atoms with Crippen LogP contribution in [0.15, 0.2) is 18.2 Å². The number of benzene rings is 1. The summed E-state index contributed by atoms with van der Waals surface area (Å²) in [4.78, 5) is 14.7. The Balaban J connectivity index is 2.22. The summed E-state index contributed by atoms with van der Waals surface area (Å²) in [6.45, 7) is 3.05. The van der Waals surface area contributed by atoms with Gasteiger partial charge in [0, 0.05) is 24.7 Å². The van der Waals surface area contributed by atoms with Crippen LogP contribution in [-0.4, -0.2) is 23.4 Å². The van der Waals surface area contributed by atoms with Crippen LogP contribution in [0.4, 0.5) is 4.39 Å². The van der Waals surface area contributed by atoms with Crippen molar-refractivity contribution in [3.63, 3.8) is 0 Å². The third kappa shape index (κ3) is 4.03. The average molecular weight is 292 g/mol. The molecule has 0 spiro atoms. The lowest BCUT2D eigenvalue weighted by molar-refractivity contribution is 0.0633. The number of amides is 1. The van der Waals surface area contributed by atoms with E-state index < -0.39 is 0 Å². The van der Waals surface area contributed by atoms with Gasteiger partial charge in [0.1, 0.15) is 5.82 Å². The second-order valence-corrected chi connectivity index (χ2v) is 5.84. The summed E-state index contributed by atoms with van der Waals surface area (Å²) in [5.74, 6) is -0.445. The molecule has 0 unspecified atom stereocenters. The molecule has 21 heavy (non-hydrogen) atoms. The molecule has 1 aliphatic carbocycles. The van der Waals surface area contributed by atoms with Crippen LogP contribution in [0.1, 0.15) is 61.4 Å². The summed E-state index contributed by atoms with van der Waals surface area (Å²) >= 11 is 0. The van der Waals surface area contributed by atoms with Gasteiger partial charge < -0.3 is 10.6 Å². The number of nitrogens with zero attached hydrogens (tertiary/aromatic N) is 1.